The van der Waals surface area contributed by atoms with Gasteiger partial charge in [0.1, 0.15) is 5.82 Å². The first-order valence-corrected chi connectivity index (χ1v) is 11.4. The average Bonchev–Trinajstić information content (AvgIpc) is 3.14. The highest BCUT2D eigenvalue weighted by atomic mass is 16.5. The van der Waals surface area contributed by atoms with Crippen LogP contribution < -0.4 is 0 Å². The minimum atomic E-state index is -0.793. The van der Waals surface area contributed by atoms with Gasteiger partial charge in [-0.05, 0) is 11.0 Å². The van der Waals surface area contributed by atoms with Crippen molar-refractivity contribution < 1.29 is 14.3 Å². The third-order valence-corrected chi connectivity index (χ3v) is 5.89. The Morgan fingerprint density at radius 3 is 2.30 bits per heavy atom. The van der Waals surface area contributed by atoms with Gasteiger partial charge < -0.3 is 14.2 Å². The van der Waals surface area contributed by atoms with Crippen LogP contribution in [-0.2, 0) is 20.9 Å². The van der Waals surface area contributed by atoms with Crippen LogP contribution in [0.5, 0.6) is 0 Å². The van der Waals surface area contributed by atoms with E-state index in [0.29, 0.717) is 13.1 Å². The van der Waals surface area contributed by atoms with Crippen LogP contribution in [0.4, 0.5) is 0 Å². The summed E-state index contributed by atoms with van der Waals surface area (Å²) in [7, 11) is 0. The van der Waals surface area contributed by atoms with E-state index in [1.165, 1.54) is 0 Å². The normalized spacial score (nSPS) is 18.1. The number of carbonyl (C=O) groups excluding carboxylic acids is 2. The number of benzene rings is 2. The number of cyclic esters (lactones) is 1. The molecule has 2 atom stereocenters. The van der Waals surface area contributed by atoms with Crippen LogP contribution in [0.25, 0.3) is 11.3 Å². The van der Waals surface area contributed by atoms with Gasteiger partial charge in [-0.15, -0.1) is 0 Å². The van der Waals surface area contributed by atoms with Crippen molar-refractivity contribution in [1.29, 1.82) is 0 Å². The van der Waals surface area contributed by atoms with E-state index in [-0.39, 0.29) is 17.9 Å². The van der Waals surface area contributed by atoms with E-state index < -0.39 is 17.9 Å². The van der Waals surface area contributed by atoms with Gasteiger partial charge in [0.15, 0.2) is 0 Å². The maximum Gasteiger partial charge on any atom is 0.397 e. The number of esters is 1. The van der Waals surface area contributed by atoms with Crippen LogP contribution in [0.2, 0.25) is 0 Å². The summed E-state index contributed by atoms with van der Waals surface area (Å²) in [4.78, 5) is 32.2. The molecule has 0 spiro atoms. The van der Waals surface area contributed by atoms with Crippen LogP contribution in [0.3, 0.4) is 0 Å². The fourth-order valence-corrected chi connectivity index (χ4v) is 4.39. The summed E-state index contributed by atoms with van der Waals surface area (Å²) in [6.07, 6.45) is 2.04. The minimum absolute atomic E-state index is 0.0383. The Balaban J connectivity index is 1.85. The van der Waals surface area contributed by atoms with Gasteiger partial charge in [-0.3, -0.25) is 4.79 Å². The Morgan fingerprint density at radius 1 is 1.03 bits per heavy atom. The summed E-state index contributed by atoms with van der Waals surface area (Å²) in [5.74, 6) is -0.593. The zero-order valence-corrected chi connectivity index (χ0v) is 19.7. The molecule has 1 fully saturated rings. The Bertz CT molecular complexity index is 1120. The highest BCUT2D eigenvalue weighted by Gasteiger charge is 2.42. The molecule has 6 heteroatoms. The molecule has 4 rings (SSSR count). The molecule has 3 aromatic rings. The van der Waals surface area contributed by atoms with Gasteiger partial charge in [-0.2, -0.15) is 0 Å². The minimum Gasteiger partial charge on any atom is -0.458 e. The van der Waals surface area contributed by atoms with Crippen molar-refractivity contribution >= 4 is 11.9 Å². The first kappa shape index (κ1) is 22.8. The van der Waals surface area contributed by atoms with E-state index in [1.807, 2.05) is 61.7 Å². The maximum atomic E-state index is 13.1. The van der Waals surface area contributed by atoms with Crippen molar-refractivity contribution in [3.8, 4) is 11.3 Å². The van der Waals surface area contributed by atoms with Gasteiger partial charge in [-0.25, -0.2) is 9.78 Å². The molecule has 6 nitrogen and oxygen atoms in total. The lowest BCUT2D eigenvalue weighted by molar-refractivity contribution is -0.160. The largest absolute Gasteiger partial charge is 0.458 e. The molecule has 1 aliphatic heterocycles. The molecule has 0 radical (unpaired) electrons. The van der Waals surface area contributed by atoms with E-state index in [9.17, 15) is 9.59 Å². The third-order valence-electron chi connectivity index (χ3n) is 5.89. The molecule has 1 aliphatic rings. The molecule has 0 N–H and O–H groups in total. The first-order valence-electron chi connectivity index (χ1n) is 11.4. The van der Waals surface area contributed by atoms with Crippen molar-refractivity contribution in [3.63, 3.8) is 0 Å². The number of hydrogen-bond donors (Lipinski definition) is 0. The summed E-state index contributed by atoms with van der Waals surface area (Å²) >= 11 is 0. The van der Waals surface area contributed by atoms with Crippen LogP contribution in [-0.4, -0.2) is 39.5 Å². The van der Waals surface area contributed by atoms with Crippen molar-refractivity contribution in [2.24, 2.45) is 11.3 Å². The zero-order chi connectivity index (χ0) is 23.6. The number of carbonyl (C=O) groups is 2. The van der Waals surface area contributed by atoms with Gasteiger partial charge in [0.2, 0.25) is 0 Å². The molecule has 2 aromatic carbocycles. The Labute approximate surface area is 195 Å². The molecular weight excluding hydrogens is 414 g/mol. The molecule has 2 heterocycles. The maximum absolute atomic E-state index is 13.1. The fraction of sp³-hybridized carbons (Fsp3) is 0.370. The second kappa shape index (κ2) is 9.22. The van der Waals surface area contributed by atoms with Crippen molar-refractivity contribution in [2.45, 2.75) is 40.3 Å². The van der Waals surface area contributed by atoms with Crippen molar-refractivity contribution in [2.75, 3.05) is 13.2 Å². The van der Waals surface area contributed by atoms with Crippen LogP contribution >= 0.6 is 0 Å². The standard InChI is InChI=1S/C27H31N3O3/c1-19-15-30(25(31)26(32)33-18-19)23(27(2,3)4)24-28-22(21-13-9-6-10-14-21)17-29(24)16-20-11-7-5-8-12-20/h5-14,17,19,23H,15-16,18H2,1-4H3/t19?,23-/m0/s1. The molecule has 33 heavy (non-hydrogen) atoms. The quantitative estimate of drug-likeness (QED) is 0.422. The van der Waals surface area contributed by atoms with Gasteiger partial charge in [-0.1, -0.05) is 88.4 Å². The molecule has 1 amide bonds. The lowest BCUT2D eigenvalue weighted by atomic mass is 9.84. The van der Waals surface area contributed by atoms with Crippen LogP contribution in [0, 0.1) is 11.3 Å². The van der Waals surface area contributed by atoms with E-state index in [2.05, 4.69) is 37.5 Å². The molecule has 1 aromatic heterocycles. The van der Waals surface area contributed by atoms with Gasteiger partial charge >= 0.3 is 11.9 Å². The number of nitrogens with zero attached hydrogens (tertiary/aromatic N) is 3. The van der Waals surface area contributed by atoms with E-state index in [4.69, 9.17) is 9.72 Å². The zero-order valence-electron chi connectivity index (χ0n) is 19.7. The molecule has 0 saturated carbocycles. The fourth-order valence-electron chi connectivity index (χ4n) is 4.39. The molecule has 1 unspecified atom stereocenters. The summed E-state index contributed by atoms with van der Waals surface area (Å²) in [6.45, 7) is 9.52. The topological polar surface area (TPSA) is 64.4 Å². The van der Waals surface area contributed by atoms with Gasteiger partial charge in [0, 0.05) is 30.8 Å². The Kier molecular flexibility index (Phi) is 6.36. The number of hydrogen-bond acceptors (Lipinski definition) is 4. The predicted octanol–water partition coefficient (Wildman–Crippen LogP) is 4.71. The Hall–Kier alpha value is -3.41. The summed E-state index contributed by atoms with van der Waals surface area (Å²) in [5, 5.41) is 0. The molecule has 1 saturated heterocycles. The smallest absolute Gasteiger partial charge is 0.397 e. The lowest BCUT2D eigenvalue weighted by Gasteiger charge is -2.39. The van der Waals surface area contributed by atoms with Crippen LogP contribution in [0.15, 0.2) is 66.9 Å². The van der Waals surface area contributed by atoms with Crippen LogP contribution in [0.1, 0.15) is 45.1 Å². The molecule has 0 aliphatic carbocycles. The second-order valence-electron chi connectivity index (χ2n) is 9.89. The number of ether oxygens (including phenoxy) is 1. The number of imidazole rings is 1. The van der Waals surface area contributed by atoms with Gasteiger partial charge in [0.25, 0.3) is 0 Å². The number of rotatable bonds is 5. The van der Waals surface area contributed by atoms with E-state index in [0.717, 1.165) is 22.6 Å². The number of amides is 1. The first-order chi connectivity index (χ1) is 15.7. The number of aromatic nitrogens is 2. The van der Waals surface area contributed by atoms with Gasteiger partial charge in [0.05, 0.1) is 18.3 Å². The SMILES string of the molecule is CC1COC(=O)C(=O)N([C@@H](c2nc(-c3ccccc3)cn2Cc2ccccc2)C(C)(C)C)C1. The van der Waals surface area contributed by atoms with Crippen molar-refractivity contribution in [1.82, 2.24) is 14.5 Å². The predicted molar refractivity (Wildman–Crippen MR) is 127 cm³/mol. The monoisotopic (exact) mass is 445 g/mol. The third kappa shape index (κ3) is 5.00. The second-order valence-corrected chi connectivity index (χ2v) is 9.89. The average molecular weight is 446 g/mol. The highest BCUT2D eigenvalue weighted by molar-refractivity contribution is 6.32. The summed E-state index contributed by atoms with van der Waals surface area (Å²) < 4.78 is 7.31. The molecular formula is C27H31N3O3. The summed E-state index contributed by atoms with van der Waals surface area (Å²) in [5.41, 5.74) is 2.62. The lowest BCUT2D eigenvalue weighted by Crippen LogP contribution is -2.45. The van der Waals surface area contributed by atoms with Crippen molar-refractivity contribution in [3.05, 3.63) is 78.2 Å². The summed E-state index contributed by atoms with van der Waals surface area (Å²) in [6, 6.07) is 19.8. The Morgan fingerprint density at radius 2 is 1.67 bits per heavy atom. The molecule has 172 valence electrons. The van der Waals surface area contributed by atoms with E-state index >= 15 is 0 Å². The molecule has 0 bridgehead atoms. The van der Waals surface area contributed by atoms with E-state index in [1.54, 1.807) is 4.90 Å². The highest BCUT2D eigenvalue weighted by Crippen LogP contribution is 2.40.